The molecule has 0 aromatic heterocycles. The lowest BCUT2D eigenvalue weighted by molar-refractivity contribution is 0.175. The molecule has 0 amide bonds. The molecule has 0 aliphatic carbocycles. The molecule has 88 valence electrons. The Morgan fingerprint density at radius 1 is 1.33 bits per heavy atom. The first-order chi connectivity index (χ1) is 6.82. The van der Waals surface area contributed by atoms with E-state index >= 15 is 0 Å². The number of hydrogen-bond donors (Lipinski definition) is 1. The average molecular weight is 211 g/mol. The van der Waals surface area contributed by atoms with E-state index in [1.807, 2.05) is 0 Å². The summed E-state index contributed by atoms with van der Waals surface area (Å²) in [6.45, 7) is 8.43. The average Bonchev–Trinajstić information content (AvgIpc) is 2.15. The van der Waals surface area contributed by atoms with Crippen molar-refractivity contribution in [2.24, 2.45) is 5.41 Å². The van der Waals surface area contributed by atoms with Crippen LogP contribution in [-0.4, -0.2) is 48.9 Å². The zero-order valence-corrected chi connectivity index (χ0v) is 10.8. The number of rotatable bonds is 1. The summed E-state index contributed by atoms with van der Waals surface area (Å²) in [5, 5.41) is 8.17. The van der Waals surface area contributed by atoms with Crippen LogP contribution in [0.1, 0.15) is 33.6 Å². The Hall–Kier alpha value is -0.570. The van der Waals surface area contributed by atoms with Gasteiger partial charge in [0, 0.05) is 24.5 Å². The minimum Gasteiger partial charge on any atom is -0.359 e. The molecule has 3 nitrogen and oxygen atoms in total. The maximum absolute atomic E-state index is 8.17. The molecule has 1 rings (SSSR count). The summed E-state index contributed by atoms with van der Waals surface area (Å²) >= 11 is 0. The van der Waals surface area contributed by atoms with Crippen molar-refractivity contribution in [2.45, 2.75) is 39.7 Å². The van der Waals surface area contributed by atoms with Gasteiger partial charge in [0.05, 0.1) is 0 Å². The Labute approximate surface area is 94.0 Å². The van der Waals surface area contributed by atoms with Crippen molar-refractivity contribution in [3.8, 4) is 0 Å². The third-order valence-corrected chi connectivity index (χ3v) is 3.15. The number of hydrogen-bond acceptors (Lipinski definition) is 2. The Balaban J connectivity index is 2.60. The highest BCUT2D eigenvalue weighted by molar-refractivity contribution is 5.84. The number of piperidine rings is 1. The summed E-state index contributed by atoms with van der Waals surface area (Å²) in [6.07, 6.45) is 2.47. The van der Waals surface area contributed by atoms with Crippen LogP contribution in [0.2, 0.25) is 0 Å². The van der Waals surface area contributed by atoms with Crippen LogP contribution in [0.25, 0.3) is 0 Å². The predicted molar refractivity (Wildman–Crippen MR) is 65.5 cm³/mol. The third kappa shape index (κ3) is 3.20. The van der Waals surface area contributed by atoms with Crippen LogP contribution >= 0.6 is 0 Å². The van der Waals surface area contributed by atoms with E-state index in [1.54, 1.807) is 0 Å². The highest BCUT2D eigenvalue weighted by Crippen LogP contribution is 2.22. The Bertz CT molecular complexity index is 228. The summed E-state index contributed by atoms with van der Waals surface area (Å²) in [6, 6.07) is 0.612. The lowest BCUT2D eigenvalue weighted by Crippen LogP contribution is -2.50. The fraction of sp³-hybridized carbons (Fsp3) is 0.917. The minimum absolute atomic E-state index is 0.0196. The van der Waals surface area contributed by atoms with Crippen LogP contribution < -0.4 is 0 Å². The smallest absolute Gasteiger partial charge is 0.101 e. The summed E-state index contributed by atoms with van der Waals surface area (Å²) in [4.78, 5) is 4.52. The van der Waals surface area contributed by atoms with Crippen molar-refractivity contribution in [1.82, 2.24) is 9.80 Å². The van der Waals surface area contributed by atoms with Gasteiger partial charge in [-0.2, -0.15) is 0 Å². The van der Waals surface area contributed by atoms with E-state index < -0.39 is 0 Å². The zero-order chi connectivity index (χ0) is 11.6. The van der Waals surface area contributed by atoms with Gasteiger partial charge in [-0.05, 0) is 26.9 Å². The summed E-state index contributed by atoms with van der Waals surface area (Å²) in [5.74, 6) is 0.786. The SMILES string of the molecule is CN(C)C1CCCN(C(=N)C(C)(C)C)C1. The van der Waals surface area contributed by atoms with Crippen LogP contribution in [0.5, 0.6) is 0 Å². The Kier molecular flexibility index (Phi) is 3.77. The first-order valence-corrected chi connectivity index (χ1v) is 5.83. The molecule has 0 aromatic carbocycles. The van der Waals surface area contributed by atoms with Crippen molar-refractivity contribution >= 4 is 5.84 Å². The lowest BCUT2D eigenvalue weighted by Gasteiger charge is -2.40. The molecule has 0 radical (unpaired) electrons. The largest absolute Gasteiger partial charge is 0.359 e. The molecule has 1 saturated heterocycles. The van der Waals surface area contributed by atoms with Gasteiger partial charge in [0.15, 0.2) is 0 Å². The second kappa shape index (κ2) is 4.52. The van der Waals surface area contributed by atoms with Crippen LogP contribution in [-0.2, 0) is 0 Å². The fourth-order valence-electron chi connectivity index (χ4n) is 2.05. The molecule has 0 bridgehead atoms. The quantitative estimate of drug-likeness (QED) is 0.531. The van der Waals surface area contributed by atoms with Gasteiger partial charge in [-0.3, -0.25) is 5.41 Å². The Morgan fingerprint density at radius 3 is 2.40 bits per heavy atom. The van der Waals surface area contributed by atoms with E-state index in [4.69, 9.17) is 5.41 Å². The van der Waals surface area contributed by atoms with Crippen molar-refractivity contribution in [2.75, 3.05) is 27.2 Å². The van der Waals surface area contributed by atoms with Crippen LogP contribution in [0, 0.1) is 10.8 Å². The highest BCUT2D eigenvalue weighted by Gasteiger charge is 2.28. The molecule has 0 saturated carbocycles. The van der Waals surface area contributed by atoms with E-state index in [0.717, 1.165) is 18.9 Å². The number of nitrogens with zero attached hydrogens (tertiary/aromatic N) is 2. The molecule has 1 fully saturated rings. The van der Waals surface area contributed by atoms with Gasteiger partial charge in [0.2, 0.25) is 0 Å². The molecule has 1 aliphatic rings. The van der Waals surface area contributed by atoms with Gasteiger partial charge < -0.3 is 9.80 Å². The molecule has 1 heterocycles. The molecule has 0 aromatic rings. The normalized spacial score (nSPS) is 23.3. The van der Waals surface area contributed by atoms with Crippen molar-refractivity contribution in [3.63, 3.8) is 0 Å². The molecule has 1 atom stereocenters. The second-order valence-corrected chi connectivity index (χ2v) is 5.80. The maximum atomic E-state index is 8.17. The second-order valence-electron chi connectivity index (χ2n) is 5.80. The predicted octanol–water partition coefficient (Wildman–Crippen LogP) is 2.04. The molecule has 3 heteroatoms. The number of nitrogens with one attached hydrogen (secondary N) is 1. The Morgan fingerprint density at radius 2 is 1.93 bits per heavy atom. The molecular formula is C12H25N3. The van der Waals surface area contributed by atoms with E-state index in [2.05, 4.69) is 44.7 Å². The molecule has 1 aliphatic heterocycles. The number of likely N-dealkylation sites (tertiary alicyclic amines) is 1. The summed E-state index contributed by atoms with van der Waals surface area (Å²) < 4.78 is 0. The summed E-state index contributed by atoms with van der Waals surface area (Å²) in [7, 11) is 4.27. The van der Waals surface area contributed by atoms with Crippen molar-refractivity contribution in [1.29, 1.82) is 5.41 Å². The van der Waals surface area contributed by atoms with Crippen LogP contribution in [0.15, 0.2) is 0 Å². The highest BCUT2D eigenvalue weighted by atomic mass is 15.2. The van der Waals surface area contributed by atoms with Gasteiger partial charge in [-0.15, -0.1) is 0 Å². The summed E-state index contributed by atoms with van der Waals surface area (Å²) in [5.41, 5.74) is -0.0196. The molecule has 15 heavy (non-hydrogen) atoms. The van der Waals surface area contributed by atoms with E-state index in [0.29, 0.717) is 6.04 Å². The van der Waals surface area contributed by atoms with Crippen molar-refractivity contribution in [3.05, 3.63) is 0 Å². The number of likely N-dealkylation sites (N-methyl/N-ethyl adjacent to an activating group) is 1. The van der Waals surface area contributed by atoms with E-state index in [-0.39, 0.29) is 5.41 Å². The van der Waals surface area contributed by atoms with E-state index in [1.165, 1.54) is 12.8 Å². The first-order valence-electron chi connectivity index (χ1n) is 5.83. The van der Waals surface area contributed by atoms with Gasteiger partial charge in [-0.25, -0.2) is 0 Å². The molecule has 0 spiro atoms. The van der Waals surface area contributed by atoms with Crippen LogP contribution in [0.3, 0.4) is 0 Å². The first kappa shape index (κ1) is 12.5. The third-order valence-electron chi connectivity index (χ3n) is 3.15. The van der Waals surface area contributed by atoms with Gasteiger partial charge in [0.1, 0.15) is 5.84 Å². The van der Waals surface area contributed by atoms with Crippen LogP contribution in [0.4, 0.5) is 0 Å². The fourth-order valence-corrected chi connectivity index (χ4v) is 2.05. The topological polar surface area (TPSA) is 30.3 Å². The number of amidine groups is 1. The van der Waals surface area contributed by atoms with Gasteiger partial charge >= 0.3 is 0 Å². The van der Waals surface area contributed by atoms with Crippen molar-refractivity contribution < 1.29 is 0 Å². The standard InChI is InChI=1S/C12H25N3/c1-12(2,3)11(13)15-8-6-7-10(9-15)14(4)5/h10,13H,6-9H2,1-5H3. The maximum Gasteiger partial charge on any atom is 0.101 e. The zero-order valence-electron chi connectivity index (χ0n) is 10.8. The van der Waals surface area contributed by atoms with Gasteiger partial charge in [0.25, 0.3) is 0 Å². The lowest BCUT2D eigenvalue weighted by atomic mass is 9.92. The monoisotopic (exact) mass is 211 g/mol. The van der Waals surface area contributed by atoms with E-state index in [9.17, 15) is 0 Å². The minimum atomic E-state index is -0.0196. The molecule has 1 unspecified atom stereocenters. The molecular weight excluding hydrogens is 186 g/mol. The van der Waals surface area contributed by atoms with Gasteiger partial charge in [-0.1, -0.05) is 20.8 Å². The molecule has 1 N–H and O–H groups in total.